The van der Waals surface area contributed by atoms with Crippen molar-refractivity contribution in [1.82, 2.24) is 4.90 Å². The van der Waals surface area contributed by atoms with E-state index in [1.54, 1.807) is 0 Å². The van der Waals surface area contributed by atoms with E-state index in [0.29, 0.717) is 18.3 Å². The monoisotopic (exact) mass is 299 g/mol. The molecule has 1 aromatic rings. The highest BCUT2D eigenvalue weighted by molar-refractivity contribution is 6.04. The maximum absolute atomic E-state index is 13.0. The second-order valence-electron chi connectivity index (χ2n) is 7.53. The molecule has 2 bridgehead atoms. The normalized spacial score (nSPS) is 33.9. The number of ether oxygens (including phenoxy) is 1. The summed E-state index contributed by atoms with van der Waals surface area (Å²) in [6, 6.07) is 6.13. The van der Waals surface area contributed by atoms with E-state index in [0.717, 1.165) is 30.3 Å². The van der Waals surface area contributed by atoms with Crippen molar-refractivity contribution in [3.63, 3.8) is 0 Å². The zero-order valence-corrected chi connectivity index (χ0v) is 13.8. The molecule has 0 aromatic heterocycles. The second-order valence-corrected chi connectivity index (χ2v) is 7.53. The summed E-state index contributed by atoms with van der Waals surface area (Å²) in [5.41, 5.74) is 2.19. The smallest absolute Gasteiger partial charge is 0.180 e. The summed E-state index contributed by atoms with van der Waals surface area (Å²) in [5, 5.41) is 0. The van der Waals surface area contributed by atoms with Crippen molar-refractivity contribution in [2.75, 3.05) is 19.7 Å². The Hall–Kier alpha value is -1.35. The molecule has 2 fully saturated rings. The van der Waals surface area contributed by atoms with E-state index in [1.807, 2.05) is 19.1 Å². The third-order valence-electron chi connectivity index (χ3n) is 6.04. The van der Waals surface area contributed by atoms with Crippen LogP contribution in [-0.2, 0) is 5.41 Å². The molecule has 4 rings (SSSR count). The van der Waals surface area contributed by atoms with Crippen LogP contribution in [0.2, 0.25) is 0 Å². The van der Waals surface area contributed by atoms with Crippen molar-refractivity contribution < 1.29 is 9.53 Å². The molecule has 3 atom stereocenters. The number of carbonyl (C=O) groups excluding carboxylic acids is 1. The molecule has 118 valence electrons. The van der Waals surface area contributed by atoms with E-state index >= 15 is 0 Å². The summed E-state index contributed by atoms with van der Waals surface area (Å²) >= 11 is 0. The molecule has 1 saturated heterocycles. The minimum absolute atomic E-state index is 0.0654. The van der Waals surface area contributed by atoms with Crippen LogP contribution in [0.4, 0.5) is 0 Å². The standard InChI is InChI=1S/C19H25NO2/c1-4-22-14-7-8-15-16(9-14)19(3)11-20(10-13-5-6-13)17(12(19)2)18(15)21/h7-9,12-13,17H,4-6,10-11H2,1-3H3. The van der Waals surface area contributed by atoms with Gasteiger partial charge in [-0.05, 0) is 55.4 Å². The van der Waals surface area contributed by atoms with Crippen molar-refractivity contribution in [1.29, 1.82) is 0 Å². The largest absolute Gasteiger partial charge is 0.494 e. The van der Waals surface area contributed by atoms with E-state index in [-0.39, 0.29) is 11.5 Å². The van der Waals surface area contributed by atoms with E-state index < -0.39 is 0 Å². The maximum atomic E-state index is 13.0. The number of fused-ring (bicyclic) bond motifs is 4. The van der Waals surface area contributed by atoms with Crippen LogP contribution in [0.1, 0.15) is 49.5 Å². The molecule has 1 saturated carbocycles. The van der Waals surface area contributed by atoms with Crippen LogP contribution in [0.15, 0.2) is 18.2 Å². The van der Waals surface area contributed by atoms with Gasteiger partial charge in [0, 0.05) is 24.1 Å². The van der Waals surface area contributed by atoms with Crippen LogP contribution in [-0.4, -0.2) is 36.4 Å². The van der Waals surface area contributed by atoms with E-state index in [9.17, 15) is 4.79 Å². The van der Waals surface area contributed by atoms with Gasteiger partial charge in [-0.3, -0.25) is 9.69 Å². The number of Topliss-reactive ketones (excluding diaryl/α,β-unsaturated/α-hetero) is 1. The summed E-state index contributed by atoms with van der Waals surface area (Å²) < 4.78 is 5.67. The molecule has 0 amide bonds. The molecule has 0 N–H and O–H groups in total. The van der Waals surface area contributed by atoms with E-state index in [2.05, 4.69) is 24.8 Å². The van der Waals surface area contributed by atoms with Crippen LogP contribution >= 0.6 is 0 Å². The highest BCUT2D eigenvalue weighted by Crippen LogP contribution is 2.50. The van der Waals surface area contributed by atoms with Gasteiger partial charge in [-0.25, -0.2) is 0 Å². The highest BCUT2D eigenvalue weighted by Gasteiger charge is 2.56. The first-order valence-electron chi connectivity index (χ1n) is 8.60. The summed E-state index contributed by atoms with van der Waals surface area (Å²) in [4.78, 5) is 15.5. The molecule has 0 spiro atoms. The van der Waals surface area contributed by atoms with Crippen LogP contribution in [0.25, 0.3) is 0 Å². The van der Waals surface area contributed by atoms with Gasteiger partial charge in [0.25, 0.3) is 0 Å². The lowest BCUT2D eigenvalue weighted by Crippen LogP contribution is -2.44. The summed E-state index contributed by atoms with van der Waals surface area (Å²) in [7, 11) is 0. The Balaban J connectivity index is 1.76. The van der Waals surface area contributed by atoms with Crippen LogP contribution in [0.5, 0.6) is 5.75 Å². The number of benzene rings is 1. The van der Waals surface area contributed by atoms with E-state index in [1.165, 1.54) is 18.4 Å². The third kappa shape index (κ3) is 1.95. The molecule has 1 aliphatic heterocycles. The lowest BCUT2D eigenvalue weighted by molar-refractivity contribution is 0.0819. The lowest BCUT2D eigenvalue weighted by Gasteiger charge is -2.36. The molecule has 2 aliphatic carbocycles. The van der Waals surface area contributed by atoms with Gasteiger partial charge in [0.05, 0.1) is 12.6 Å². The number of rotatable bonds is 4. The minimum Gasteiger partial charge on any atom is -0.494 e. The predicted molar refractivity (Wildman–Crippen MR) is 86.5 cm³/mol. The van der Waals surface area contributed by atoms with Gasteiger partial charge in [-0.2, -0.15) is 0 Å². The number of carbonyl (C=O) groups is 1. The van der Waals surface area contributed by atoms with Gasteiger partial charge >= 0.3 is 0 Å². The van der Waals surface area contributed by atoms with Crippen LogP contribution in [0.3, 0.4) is 0 Å². The molecule has 3 heteroatoms. The maximum Gasteiger partial charge on any atom is 0.180 e. The molecular weight excluding hydrogens is 274 g/mol. The van der Waals surface area contributed by atoms with Crippen LogP contribution in [0, 0.1) is 11.8 Å². The molecule has 3 nitrogen and oxygen atoms in total. The van der Waals surface area contributed by atoms with E-state index in [4.69, 9.17) is 4.74 Å². The number of ketones is 1. The van der Waals surface area contributed by atoms with Crippen molar-refractivity contribution >= 4 is 5.78 Å². The zero-order chi connectivity index (χ0) is 15.5. The average molecular weight is 299 g/mol. The second kappa shape index (κ2) is 4.82. The SMILES string of the molecule is CCOc1ccc2c(c1)C1(C)CN(CC3CC3)C(C2=O)C1C. The predicted octanol–water partition coefficient (Wildman–Crippen LogP) is 3.27. The van der Waals surface area contributed by atoms with Gasteiger partial charge in [0.2, 0.25) is 0 Å². The third-order valence-corrected chi connectivity index (χ3v) is 6.04. The number of hydrogen-bond donors (Lipinski definition) is 0. The fourth-order valence-corrected chi connectivity index (χ4v) is 4.49. The number of likely N-dealkylation sites (tertiary alicyclic amines) is 1. The first-order valence-corrected chi connectivity index (χ1v) is 8.60. The fourth-order valence-electron chi connectivity index (χ4n) is 4.49. The molecule has 1 aromatic carbocycles. The summed E-state index contributed by atoms with van der Waals surface area (Å²) in [5.74, 6) is 2.41. The number of nitrogens with zero attached hydrogens (tertiary/aromatic N) is 1. The van der Waals surface area contributed by atoms with Crippen molar-refractivity contribution in [2.24, 2.45) is 11.8 Å². The first kappa shape index (κ1) is 14.3. The summed E-state index contributed by atoms with van der Waals surface area (Å²) in [6.45, 7) is 9.35. The topological polar surface area (TPSA) is 29.5 Å². The molecule has 0 radical (unpaired) electrons. The van der Waals surface area contributed by atoms with Crippen molar-refractivity contribution in [3.05, 3.63) is 29.3 Å². The highest BCUT2D eigenvalue weighted by atomic mass is 16.5. The van der Waals surface area contributed by atoms with Gasteiger partial charge in [-0.15, -0.1) is 0 Å². The van der Waals surface area contributed by atoms with Gasteiger partial charge < -0.3 is 4.74 Å². The fraction of sp³-hybridized carbons (Fsp3) is 0.632. The van der Waals surface area contributed by atoms with Crippen LogP contribution < -0.4 is 4.74 Å². The van der Waals surface area contributed by atoms with Crippen molar-refractivity contribution in [2.45, 2.75) is 45.1 Å². The van der Waals surface area contributed by atoms with Gasteiger partial charge in [0.1, 0.15) is 5.75 Å². The molecule has 1 heterocycles. The molecule has 3 unspecified atom stereocenters. The minimum atomic E-state index is 0.0654. The van der Waals surface area contributed by atoms with Gasteiger partial charge in [-0.1, -0.05) is 13.8 Å². The zero-order valence-electron chi connectivity index (χ0n) is 13.8. The van der Waals surface area contributed by atoms with Crippen molar-refractivity contribution in [3.8, 4) is 5.75 Å². The molecular formula is C19H25NO2. The quantitative estimate of drug-likeness (QED) is 0.854. The Bertz CT molecular complexity index is 622. The Morgan fingerprint density at radius 3 is 2.82 bits per heavy atom. The Morgan fingerprint density at radius 2 is 2.14 bits per heavy atom. The van der Waals surface area contributed by atoms with Gasteiger partial charge in [0.15, 0.2) is 5.78 Å². The first-order chi connectivity index (χ1) is 10.5. The number of hydrogen-bond acceptors (Lipinski definition) is 3. The molecule has 3 aliphatic rings. The molecule has 22 heavy (non-hydrogen) atoms. The summed E-state index contributed by atoms with van der Waals surface area (Å²) in [6.07, 6.45) is 2.67. The Morgan fingerprint density at radius 1 is 1.36 bits per heavy atom. The Kier molecular flexibility index (Phi) is 3.12. The lowest BCUT2D eigenvalue weighted by atomic mass is 9.66. The Labute approximate surface area is 132 Å². The average Bonchev–Trinajstić information content (AvgIpc) is 3.26.